The summed E-state index contributed by atoms with van der Waals surface area (Å²) in [5, 5.41) is 8.39. The van der Waals surface area contributed by atoms with Crippen LogP contribution in [0.1, 0.15) is 19.8 Å². The van der Waals surface area contributed by atoms with Crippen molar-refractivity contribution in [3.8, 4) is 0 Å². The molecule has 68 valence electrons. The van der Waals surface area contributed by atoms with Crippen molar-refractivity contribution >= 4 is 5.97 Å². The number of rotatable bonds is 2. The molecule has 1 rings (SSSR count). The Balaban J connectivity index is 2.36. The van der Waals surface area contributed by atoms with Crippen LogP contribution in [0.3, 0.4) is 0 Å². The van der Waals surface area contributed by atoms with E-state index in [1.54, 1.807) is 6.08 Å². The molecule has 3 heteroatoms. The standard InChI is InChI=1S/C9H14O3/c1-7-6-8(4-5-12-7)2-3-9(10)11/h2-3,7-8H,4-6H2,1H3,(H,10,11)/b3-2+/t7-,8-/m0/s1. The van der Waals surface area contributed by atoms with E-state index in [0.29, 0.717) is 5.92 Å². The third-order valence-electron chi connectivity index (χ3n) is 2.04. The van der Waals surface area contributed by atoms with Crippen molar-refractivity contribution in [3.63, 3.8) is 0 Å². The van der Waals surface area contributed by atoms with Crippen LogP contribution in [0.15, 0.2) is 12.2 Å². The third kappa shape index (κ3) is 3.05. The molecule has 0 amide bonds. The minimum atomic E-state index is -0.867. The minimum Gasteiger partial charge on any atom is -0.478 e. The fourth-order valence-electron chi connectivity index (χ4n) is 1.43. The minimum absolute atomic E-state index is 0.266. The summed E-state index contributed by atoms with van der Waals surface area (Å²) in [6.45, 7) is 2.76. The molecule has 1 aliphatic rings. The van der Waals surface area contributed by atoms with E-state index in [1.807, 2.05) is 6.92 Å². The molecule has 0 aromatic heterocycles. The van der Waals surface area contributed by atoms with Crippen molar-refractivity contribution in [2.45, 2.75) is 25.9 Å². The molecule has 1 fully saturated rings. The van der Waals surface area contributed by atoms with Gasteiger partial charge in [-0.05, 0) is 25.7 Å². The first-order valence-electron chi connectivity index (χ1n) is 4.21. The van der Waals surface area contributed by atoms with Crippen LogP contribution in [-0.2, 0) is 9.53 Å². The molecule has 3 nitrogen and oxygen atoms in total. The highest BCUT2D eigenvalue weighted by Gasteiger charge is 2.16. The molecule has 0 saturated carbocycles. The highest BCUT2D eigenvalue weighted by atomic mass is 16.5. The van der Waals surface area contributed by atoms with Crippen LogP contribution in [0.25, 0.3) is 0 Å². The second kappa shape index (κ2) is 4.26. The predicted octanol–water partition coefficient (Wildman–Crippen LogP) is 1.44. The zero-order valence-corrected chi connectivity index (χ0v) is 7.19. The first kappa shape index (κ1) is 9.26. The molecule has 1 saturated heterocycles. The summed E-state index contributed by atoms with van der Waals surface area (Å²) in [6, 6.07) is 0. The molecule has 12 heavy (non-hydrogen) atoms. The Morgan fingerprint density at radius 3 is 3.00 bits per heavy atom. The third-order valence-corrected chi connectivity index (χ3v) is 2.04. The monoisotopic (exact) mass is 170 g/mol. The lowest BCUT2D eigenvalue weighted by atomic mass is 9.96. The van der Waals surface area contributed by atoms with Crippen molar-refractivity contribution in [2.75, 3.05) is 6.61 Å². The molecule has 0 spiro atoms. The number of carboxylic acid groups (broad SMARTS) is 1. The Hall–Kier alpha value is -0.830. The fraction of sp³-hybridized carbons (Fsp3) is 0.667. The van der Waals surface area contributed by atoms with E-state index in [4.69, 9.17) is 9.84 Å². The summed E-state index contributed by atoms with van der Waals surface area (Å²) in [7, 11) is 0. The van der Waals surface area contributed by atoms with Gasteiger partial charge in [-0.3, -0.25) is 0 Å². The highest BCUT2D eigenvalue weighted by Crippen LogP contribution is 2.20. The molecule has 0 aromatic rings. The highest BCUT2D eigenvalue weighted by molar-refractivity contribution is 5.79. The Labute approximate surface area is 72.0 Å². The lowest BCUT2D eigenvalue weighted by Gasteiger charge is -2.24. The molecule has 1 N–H and O–H groups in total. The molecular weight excluding hydrogens is 156 g/mol. The van der Waals surface area contributed by atoms with Crippen LogP contribution in [-0.4, -0.2) is 23.8 Å². The Bertz CT molecular complexity index is 186. The van der Waals surface area contributed by atoms with E-state index < -0.39 is 5.97 Å². The summed E-state index contributed by atoms with van der Waals surface area (Å²) in [5.74, 6) is -0.487. The van der Waals surface area contributed by atoms with Crippen molar-refractivity contribution in [2.24, 2.45) is 5.92 Å². The molecule has 0 aliphatic carbocycles. The normalized spacial score (nSPS) is 30.8. The number of ether oxygens (including phenoxy) is 1. The topological polar surface area (TPSA) is 46.5 Å². The van der Waals surface area contributed by atoms with E-state index in [9.17, 15) is 4.79 Å². The predicted molar refractivity (Wildman–Crippen MR) is 44.9 cm³/mol. The van der Waals surface area contributed by atoms with Crippen LogP contribution >= 0.6 is 0 Å². The van der Waals surface area contributed by atoms with Gasteiger partial charge in [-0.1, -0.05) is 6.08 Å². The number of allylic oxidation sites excluding steroid dienone is 1. The maximum atomic E-state index is 10.2. The second-order valence-electron chi connectivity index (χ2n) is 3.16. The van der Waals surface area contributed by atoms with Crippen molar-refractivity contribution in [3.05, 3.63) is 12.2 Å². The summed E-state index contributed by atoms with van der Waals surface area (Å²) in [5.41, 5.74) is 0. The first-order chi connectivity index (χ1) is 5.68. The van der Waals surface area contributed by atoms with Gasteiger partial charge in [-0.15, -0.1) is 0 Å². The molecule has 2 atom stereocenters. The van der Waals surface area contributed by atoms with Crippen LogP contribution in [0.4, 0.5) is 0 Å². The lowest BCUT2D eigenvalue weighted by molar-refractivity contribution is -0.131. The van der Waals surface area contributed by atoms with Crippen LogP contribution in [0.5, 0.6) is 0 Å². The van der Waals surface area contributed by atoms with Crippen molar-refractivity contribution in [1.82, 2.24) is 0 Å². The number of hydrogen-bond donors (Lipinski definition) is 1. The smallest absolute Gasteiger partial charge is 0.327 e. The van der Waals surface area contributed by atoms with Gasteiger partial charge in [0.25, 0.3) is 0 Å². The first-order valence-corrected chi connectivity index (χ1v) is 4.21. The molecule has 1 heterocycles. The number of carboxylic acids is 1. The van der Waals surface area contributed by atoms with Gasteiger partial charge < -0.3 is 9.84 Å². The zero-order valence-electron chi connectivity index (χ0n) is 7.19. The van der Waals surface area contributed by atoms with Gasteiger partial charge in [0, 0.05) is 12.7 Å². The Kier molecular flexibility index (Phi) is 3.29. The van der Waals surface area contributed by atoms with Crippen LogP contribution in [0.2, 0.25) is 0 Å². The maximum Gasteiger partial charge on any atom is 0.327 e. The van der Waals surface area contributed by atoms with Crippen LogP contribution in [0, 0.1) is 5.92 Å². The summed E-state index contributed by atoms with van der Waals surface area (Å²) >= 11 is 0. The Morgan fingerprint density at radius 2 is 2.42 bits per heavy atom. The quantitative estimate of drug-likeness (QED) is 0.638. The maximum absolute atomic E-state index is 10.2. The van der Waals surface area contributed by atoms with Gasteiger partial charge >= 0.3 is 5.97 Å². The van der Waals surface area contributed by atoms with Gasteiger partial charge in [0.05, 0.1) is 6.10 Å². The summed E-state index contributed by atoms with van der Waals surface area (Å²) < 4.78 is 5.33. The van der Waals surface area contributed by atoms with Gasteiger partial charge in [-0.25, -0.2) is 4.79 Å². The number of aliphatic carboxylic acids is 1. The Morgan fingerprint density at radius 1 is 1.67 bits per heavy atom. The van der Waals surface area contributed by atoms with Gasteiger partial charge in [0.15, 0.2) is 0 Å². The summed E-state index contributed by atoms with van der Waals surface area (Å²) in [6.07, 6.45) is 5.13. The number of carbonyl (C=O) groups is 1. The lowest BCUT2D eigenvalue weighted by Crippen LogP contribution is -2.21. The SMILES string of the molecule is C[C@H]1C[C@@H](/C=C/C(=O)O)CCO1. The van der Waals surface area contributed by atoms with Gasteiger partial charge in [-0.2, -0.15) is 0 Å². The fourth-order valence-corrected chi connectivity index (χ4v) is 1.43. The van der Waals surface area contributed by atoms with Gasteiger partial charge in [0.2, 0.25) is 0 Å². The van der Waals surface area contributed by atoms with E-state index >= 15 is 0 Å². The van der Waals surface area contributed by atoms with E-state index in [-0.39, 0.29) is 6.10 Å². The molecule has 1 aliphatic heterocycles. The molecule has 0 radical (unpaired) electrons. The van der Waals surface area contributed by atoms with E-state index in [2.05, 4.69) is 0 Å². The van der Waals surface area contributed by atoms with Gasteiger partial charge in [0.1, 0.15) is 0 Å². The zero-order chi connectivity index (χ0) is 8.97. The number of hydrogen-bond acceptors (Lipinski definition) is 2. The molecule has 0 unspecified atom stereocenters. The average molecular weight is 170 g/mol. The van der Waals surface area contributed by atoms with Crippen molar-refractivity contribution in [1.29, 1.82) is 0 Å². The van der Waals surface area contributed by atoms with Crippen LogP contribution < -0.4 is 0 Å². The average Bonchev–Trinajstić information content (AvgIpc) is 2.01. The molecule has 0 bridgehead atoms. The summed E-state index contributed by atoms with van der Waals surface area (Å²) in [4.78, 5) is 10.2. The van der Waals surface area contributed by atoms with E-state index in [1.165, 1.54) is 6.08 Å². The van der Waals surface area contributed by atoms with E-state index in [0.717, 1.165) is 19.4 Å². The molecular formula is C9H14O3. The molecule has 0 aromatic carbocycles. The van der Waals surface area contributed by atoms with Crippen molar-refractivity contribution < 1.29 is 14.6 Å². The largest absolute Gasteiger partial charge is 0.478 e. The second-order valence-corrected chi connectivity index (χ2v) is 3.16.